The maximum atomic E-state index is 12.7. The van der Waals surface area contributed by atoms with Crippen LogP contribution in [-0.2, 0) is 22.7 Å². The summed E-state index contributed by atoms with van der Waals surface area (Å²) < 4.78 is 0. The maximum absolute atomic E-state index is 12.7. The molecule has 0 saturated carbocycles. The van der Waals surface area contributed by atoms with Gasteiger partial charge in [-0.3, -0.25) is 14.5 Å². The number of hydrogen-bond acceptors (Lipinski definition) is 4. The minimum absolute atomic E-state index is 0.0211. The third-order valence-electron chi connectivity index (χ3n) is 4.94. The lowest BCUT2D eigenvalue weighted by Gasteiger charge is -2.25. The van der Waals surface area contributed by atoms with E-state index in [1.807, 2.05) is 13.8 Å². The van der Waals surface area contributed by atoms with Crippen molar-refractivity contribution in [2.24, 2.45) is 5.73 Å². The van der Waals surface area contributed by atoms with Gasteiger partial charge >= 0.3 is 0 Å². The minimum Gasteiger partial charge on any atom is -0.352 e. The zero-order chi connectivity index (χ0) is 18.0. The van der Waals surface area contributed by atoms with Gasteiger partial charge < -0.3 is 16.0 Å². The average Bonchev–Trinajstić information content (AvgIpc) is 3.15. The molecular formula is C19H28N4O2. The molecule has 1 aromatic carbocycles. The van der Waals surface area contributed by atoms with Gasteiger partial charge in [-0.15, -0.1) is 0 Å². The molecule has 1 saturated heterocycles. The van der Waals surface area contributed by atoms with E-state index in [0.29, 0.717) is 25.9 Å². The number of benzene rings is 1. The molecule has 0 bridgehead atoms. The zero-order valence-electron chi connectivity index (χ0n) is 15.1. The molecule has 2 amide bonds. The quantitative estimate of drug-likeness (QED) is 0.830. The van der Waals surface area contributed by atoms with Gasteiger partial charge in [-0.2, -0.15) is 0 Å². The summed E-state index contributed by atoms with van der Waals surface area (Å²) in [6.45, 7) is 6.79. The fourth-order valence-electron chi connectivity index (χ4n) is 3.73. The number of likely N-dealkylation sites (tertiary alicyclic amines) is 1. The average molecular weight is 344 g/mol. The number of carbonyl (C=O) groups is 2. The van der Waals surface area contributed by atoms with Crippen LogP contribution in [0, 0.1) is 0 Å². The van der Waals surface area contributed by atoms with E-state index in [0.717, 1.165) is 13.1 Å². The van der Waals surface area contributed by atoms with Crippen molar-refractivity contribution in [2.75, 3.05) is 13.1 Å². The molecule has 6 nitrogen and oxygen atoms in total. The first-order chi connectivity index (χ1) is 11.9. The molecule has 6 heteroatoms. The van der Waals surface area contributed by atoms with Crippen LogP contribution in [0.5, 0.6) is 0 Å². The third-order valence-corrected chi connectivity index (χ3v) is 4.94. The molecule has 136 valence electrons. The molecule has 2 aliphatic heterocycles. The van der Waals surface area contributed by atoms with Crippen LogP contribution >= 0.6 is 0 Å². The van der Waals surface area contributed by atoms with E-state index in [1.165, 1.54) is 11.1 Å². The van der Waals surface area contributed by atoms with Gasteiger partial charge in [0.15, 0.2) is 0 Å². The molecule has 2 aliphatic rings. The van der Waals surface area contributed by atoms with Crippen molar-refractivity contribution in [1.29, 1.82) is 0 Å². The van der Waals surface area contributed by atoms with Crippen LogP contribution < -0.4 is 11.1 Å². The van der Waals surface area contributed by atoms with Gasteiger partial charge in [-0.05, 0) is 31.4 Å². The first kappa shape index (κ1) is 17.9. The van der Waals surface area contributed by atoms with Gasteiger partial charge in [-0.25, -0.2) is 0 Å². The Hall–Kier alpha value is -1.92. The topological polar surface area (TPSA) is 78.7 Å². The normalized spacial score (nSPS) is 23.1. The summed E-state index contributed by atoms with van der Waals surface area (Å²) in [6.07, 6.45) is 0.964. The number of fused-ring (bicyclic) bond motifs is 1. The number of nitrogens with zero attached hydrogens (tertiary/aromatic N) is 2. The number of hydrogen-bond donors (Lipinski definition) is 2. The van der Waals surface area contributed by atoms with Crippen LogP contribution in [0.15, 0.2) is 24.3 Å². The molecule has 0 spiro atoms. The lowest BCUT2D eigenvalue weighted by Crippen LogP contribution is -2.48. The lowest BCUT2D eigenvalue weighted by atomic mass is 10.1. The van der Waals surface area contributed by atoms with E-state index in [4.69, 9.17) is 5.73 Å². The molecule has 0 unspecified atom stereocenters. The van der Waals surface area contributed by atoms with Gasteiger partial charge in [0.1, 0.15) is 6.04 Å². The highest BCUT2D eigenvalue weighted by molar-refractivity contribution is 5.88. The Kier molecular flexibility index (Phi) is 5.39. The molecule has 3 N–H and O–H groups in total. The summed E-state index contributed by atoms with van der Waals surface area (Å²) in [4.78, 5) is 29.0. The Morgan fingerprint density at radius 3 is 2.48 bits per heavy atom. The van der Waals surface area contributed by atoms with E-state index < -0.39 is 6.04 Å². The summed E-state index contributed by atoms with van der Waals surface area (Å²) in [6, 6.07) is 7.90. The van der Waals surface area contributed by atoms with E-state index in [1.54, 1.807) is 4.90 Å². The van der Waals surface area contributed by atoms with Gasteiger partial charge in [0.2, 0.25) is 11.8 Å². The summed E-state index contributed by atoms with van der Waals surface area (Å²) in [5, 5.41) is 2.90. The van der Waals surface area contributed by atoms with Crippen LogP contribution in [0.25, 0.3) is 0 Å². The first-order valence-corrected chi connectivity index (χ1v) is 9.08. The predicted molar refractivity (Wildman–Crippen MR) is 96.5 cm³/mol. The summed E-state index contributed by atoms with van der Waals surface area (Å²) >= 11 is 0. The highest BCUT2D eigenvalue weighted by Gasteiger charge is 2.38. The Morgan fingerprint density at radius 1 is 1.24 bits per heavy atom. The predicted octanol–water partition coefficient (Wildman–Crippen LogP) is 0.845. The fourth-order valence-corrected chi connectivity index (χ4v) is 3.73. The number of rotatable bonds is 5. The van der Waals surface area contributed by atoms with Gasteiger partial charge in [0.05, 0.1) is 0 Å². The van der Waals surface area contributed by atoms with Crippen LogP contribution in [-0.4, -0.2) is 52.8 Å². The molecule has 1 fully saturated rings. The minimum atomic E-state index is -0.430. The van der Waals surface area contributed by atoms with Gasteiger partial charge in [-0.1, -0.05) is 24.3 Å². The Balaban J connectivity index is 1.54. The van der Waals surface area contributed by atoms with Crippen LogP contribution in [0.3, 0.4) is 0 Å². The van der Waals surface area contributed by atoms with E-state index in [9.17, 15) is 9.59 Å². The second kappa shape index (κ2) is 7.54. The molecule has 0 radical (unpaired) electrons. The molecule has 0 aromatic heterocycles. The fraction of sp³-hybridized carbons (Fsp3) is 0.579. The van der Waals surface area contributed by atoms with Crippen LogP contribution in [0.2, 0.25) is 0 Å². The standard InChI is InChI=1S/C19H28N4O2/c1-13(2)21-19(25)17-9-16(20)12-23(17)18(24)7-8-22-10-14-5-3-4-6-15(14)11-22/h3-6,13,16-17H,7-12,20H2,1-2H3,(H,21,25)/t16-,17+/m1/s1. The highest BCUT2D eigenvalue weighted by Crippen LogP contribution is 2.23. The van der Waals surface area contributed by atoms with Gasteiger partial charge in [0.25, 0.3) is 0 Å². The van der Waals surface area contributed by atoms with E-state index >= 15 is 0 Å². The second-order valence-electron chi connectivity index (χ2n) is 7.45. The third kappa shape index (κ3) is 4.19. The molecule has 2 heterocycles. The molecule has 3 rings (SSSR count). The highest BCUT2D eigenvalue weighted by atomic mass is 16.2. The Bertz CT molecular complexity index is 621. The monoisotopic (exact) mass is 344 g/mol. The SMILES string of the molecule is CC(C)NC(=O)[C@@H]1C[C@@H](N)CN1C(=O)CCN1Cc2ccccc2C1. The van der Waals surface area contributed by atoms with Gasteiger partial charge in [0, 0.05) is 44.7 Å². The Labute approximate surface area is 149 Å². The van der Waals surface area contributed by atoms with Crippen LogP contribution in [0.4, 0.5) is 0 Å². The van der Waals surface area contributed by atoms with E-state index in [2.05, 4.69) is 34.5 Å². The molecule has 2 atom stereocenters. The number of carbonyl (C=O) groups excluding carboxylic acids is 2. The van der Waals surface area contributed by atoms with Crippen molar-refractivity contribution in [3.8, 4) is 0 Å². The van der Waals surface area contributed by atoms with Crippen molar-refractivity contribution >= 4 is 11.8 Å². The smallest absolute Gasteiger partial charge is 0.243 e. The molecular weight excluding hydrogens is 316 g/mol. The van der Waals surface area contributed by atoms with Crippen LogP contribution in [0.1, 0.15) is 37.8 Å². The summed E-state index contributed by atoms with van der Waals surface area (Å²) in [5.74, 6) is -0.0716. The van der Waals surface area contributed by atoms with Crippen molar-refractivity contribution in [3.05, 3.63) is 35.4 Å². The number of nitrogens with two attached hydrogens (primary N) is 1. The second-order valence-corrected chi connectivity index (χ2v) is 7.45. The molecule has 0 aliphatic carbocycles. The number of amides is 2. The zero-order valence-corrected chi connectivity index (χ0v) is 15.1. The first-order valence-electron chi connectivity index (χ1n) is 9.08. The van der Waals surface area contributed by atoms with Crippen molar-refractivity contribution in [1.82, 2.24) is 15.1 Å². The molecule has 25 heavy (non-hydrogen) atoms. The largest absolute Gasteiger partial charge is 0.352 e. The van der Waals surface area contributed by atoms with E-state index in [-0.39, 0.29) is 23.9 Å². The summed E-state index contributed by atoms with van der Waals surface area (Å²) in [7, 11) is 0. The lowest BCUT2D eigenvalue weighted by molar-refractivity contribution is -0.138. The molecule has 1 aromatic rings. The summed E-state index contributed by atoms with van der Waals surface area (Å²) in [5.41, 5.74) is 8.69. The Morgan fingerprint density at radius 2 is 1.88 bits per heavy atom. The van der Waals surface area contributed by atoms with Crippen molar-refractivity contribution in [3.63, 3.8) is 0 Å². The number of nitrogens with one attached hydrogen (secondary N) is 1. The van der Waals surface area contributed by atoms with Crippen molar-refractivity contribution in [2.45, 2.75) is 57.9 Å². The van der Waals surface area contributed by atoms with Crippen molar-refractivity contribution < 1.29 is 9.59 Å². The maximum Gasteiger partial charge on any atom is 0.243 e.